The Morgan fingerprint density at radius 3 is 1.35 bits per heavy atom. The second-order valence-corrected chi connectivity index (χ2v) is 12.3. The van der Waals surface area contributed by atoms with Crippen LogP contribution in [0.4, 0.5) is 26.3 Å². The second kappa shape index (κ2) is 10.6. The van der Waals surface area contributed by atoms with Crippen LogP contribution in [0.1, 0.15) is 5.56 Å². The molecule has 0 radical (unpaired) electrons. The highest BCUT2D eigenvalue weighted by molar-refractivity contribution is 6.30. The van der Waals surface area contributed by atoms with Crippen LogP contribution in [0.3, 0.4) is 0 Å². The van der Waals surface area contributed by atoms with Crippen LogP contribution in [-0.2, 0) is 6.18 Å². The zero-order chi connectivity index (χ0) is 33.6. The molecule has 0 aliphatic rings. The van der Waals surface area contributed by atoms with Crippen LogP contribution in [0.25, 0.3) is 87.2 Å². The zero-order valence-corrected chi connectivity index (χ0v) is 25.5. The molecular formula is C43H22F6. The van der Waals surface area contributed by atoms with Gasteiger partial charge in [0.2, 0.25) is 0 Å². The van der Waals surface area contributed by atoms with E-state index in [1.54, 1.807) is 0 Å². The minimum atomic E-state index is -4.42. The highest BCUT2D eigenvalue weighted by Crippen LogP contribution is 2.48. The Balaban J connectivity index is 1.35. The summed E-state index contributed by atoms with van der Waals surface area (Å²) in [4.78, 5) is 0. The van der Waals surface area contributed by atoms with Crippen LogP contribution in [-0.4, -0.2) is 0 Å². The third-order valence-corrected chi connectivity index (χ3v) is 9.66. The second-order valence-electron chi connectivity index (χ2n) is 12.3. The molecule has 0 saturated heterocycles. The molecule has 9 rings (SSSR count). The van der Waals surface area contributed by atoms with Gasteiger partial charge >= 0.3 is 6.18 Å². The highest BCUT2D eigenvalue weighted by atomic mass is 19.4. The van der Waals surface area contributed by atoms with E-state index in [1.165, 1.54) is 12.1 Å². The molecule has 0 aliphatic heterocycles. The van der Waals surface area contributed by atoms with Crippen molar-refractivity contribution in [3.05, 3.63) is 156 Å². The molecule has 0 atom stereocenters. The number of rotatable bonds is 3. The van der Waals surface area contributed by atoms with Gasteiger partial charge in [-0.3, -0.25) is 0 Å². The van der Waals surface area contributed by atoms with Crippen LogP contribution in [0.15, 0.2) is 133 Å². The fourth-order valence-electron chi connectivity index (χ4n) is 7.54. The van der Waals surface area contributed by atoms with Crippen LogP contribution >= 0.6 is 0 Å². The number of hydrogen-bond donors (Lipinski definition) is 0. The van der Waals surface area contributed by atoms with Crippen molar-refractivity contribution in [3.63, 3.8) is 0 Å². The topological polar surface area (TPSA) is 0 Å². The summed E-state index contributed by atoms with van der Waals surface area (Å²) >= 11 is 0. The summed E-state index contributed by atoms with van der Waals surface area (Å²) in [6.07, 6.45) is -4.42. The van der Waals surface area contributed by atoms with Gasteiger partial charge in [-0.25, -0.2) is 13.2 Å². The van der Waals surface area contributed by atoms with E-state index >= 15 is 0 Å². The van der Waals surface area contributed by atoms with Crippen LogP contribution < -0.4 is 0 Å². The molecule has 0 heterocycles. The summed E-state index contributed by atoms with van der Waals surface area (Å²) in [6, 6.07) is 39.0. The monoisotopic (exact) mass is 652 g/mol. The lowest BCUT2D eigenvalue weighted by Gasteiger charge is -2.20. The first-order chi connectivity index (χ1) is 23.7. The molecule has 49 heavy (non-hydrogen) atoms. The molecule has 0 saturated carbocycles. The van der Waals surface area contributed by atoms with Crippen LogP contribution in [0, 0.1) is 17.5 Å². The quantitative estimate of drug-likeness (QED) is 0.0771. The number of hydrogen-bond acceptors (Lipinski definition) is 0. The van der Waals surface area contributed by atoms with Gasteiger partial charge in [0.15, 0.2) is 17.5 Å². The van der Waals surface area contributed by atoms with Gasteiger partial charge in [0.1, 0.15) is 0 Å². The molecule has 0 amide bonds. The van der Waals surface area contributed by atoms with Gasteiger partial charge in [0, 0.05) is 0 Å². The Labute approximate surface area is 275 Å². The smallest absolute Gasteiger partial charge is 0.204 e. The minimum absolute atomic E-state index is 0.238. The van der Waals surface area contributed by atoms with E-state index in [0.29, 0.717) is 11.1 Å². The zero-order valence-electron chi connectivity index (χ0n) is 25.5. The molecule has 236 valence electrons. The number of alkyl halides is 3. The summed E-state index contributed by atoms with van der Waals surface area (Å²) in [7, 11) is 0. The molecule has 6 heteroatoms. The maximum atomic E-state index is 14.6. The van der Waals surface area contributed by atoms with E-state index in [1.807, 2.05) is 72.8 Å². The molecule has 0 unspecified atom stereocenters. The molecular weight excluding hydrogens is 630 g/mol. The van der Waals surface area contributed by atoms with Crippen molar-refractivity contribution in [1.29, 1.82) is 0 Å². The summed E-state index contributed by atoms with van der Waals surface area (Å²) in [6.45, 7) is 0. The average Bonchev–Trinajstić information content (AvgIpc) is 3.11. The molecule has 0 aromatic heterocycles. The molecule has 0 N–H and O–H groups in total. The molecule has 0 aliphatic carbocycles. The van der Waals surface area contributed by atoms with E-state index in [9.17, 15) is 26.3 Å². The van der Waals surface area contributed by atoms with Gasteiger partial charge in [-0.2, -0.15) is 13.2 Å². The molecule has 0 spiro atoms. The van der Waals surface area contributed by atoms with Gasteiger partial charge in [0.25, 0.3) is 0 Å². The van der Waals surface area contributed by atoms with E-state index in [0.717, 1.165) is 94.8 Å². The van der Waals surface area contributed by atoms with Crippen molar-refractivity contribution in [3.8, 4) is 33.4 Å². The summed E-state index contributed by atoms with van der Waals surface area (Å²) in [5.41, 5.74) is 3.57. The lowest BCUT2D eigenvalue weighted by atomic mass is 9.83. The van der Waals surface area contributed by atoms with Crippen molar-refractivity contribution >= 4 is 53.9 Å². The maximum Gasteiger partial charge on any atom is 0.416 e. The van der Waals surface area contributed by atoms with Gasteiger partial charge < -0.3 is 0 Å². The predicted molar refractivity (Wildman–Crippen MR) is 186 cm³/mol. The lowest BCUT2D eigenvalue weighted by molar-refractivity contribution is -0.137. The lowest BCUT2D eigenvalue weighted by Crippen LogP contribution is -2.04. The minimum Gasteiger partial charge on any atom is -0.204 e. The molecule has 9 aromatic rings. The molecule has 0 bridgehead atoms. The molecule has 0 nitrogen and oxygen atoms in total. The van der Waals surface area contributed by atoms with E-state index in [2.05, 4.69) is 24.3 Å². The average molecular weight is 653 g/mol. The van der Waals surface area contributed by atoms with Crippen molar-refractivity contribution < 1.29 is 26.3 Å². The van der Waals surface area contributed by atoms with E-state index in [-0.39, 0.29) is 5.56 Å². The first-order valence-electron chi connectivity index (χ1n) is 15.7. The van der Waals surface area contributed by atoms with Gasteiger partial charge in [0.05, 0.1) is 5.56 Å². The Bertz CT molecular complexity index is 2700. The Hall–Kier alpha value is -5.88. The fraction of sp³-hybridized carbons (Fsp3) is 0.0233. The summed E-state index contributed by atoms with van der Waals surface area (Å²) in [5, 5.41) is 9.23. The third-order valence-electron chi connectivity index (χ3n) is 9.66. The summed E-state index contributed by atoms with van der Waals surface area (Å²) < 4.78 is 83.2. The number of fused-ring (bicyclic) bond motifs is 2. The van der Waals surface area contributed by atoms with Crippen molar-refractivity contribution in [2.75, 3.05) is 0 Å². The Morgan fingerprint density at radius 2 is 0.837 bits per heavy atom. The largest absolute Gasteiger partial charge is 0.416 e. The van der Waals surface area contributed by atoms with E-state index < -0.39 is 29.2 Å². The first kappa shape index (κ1) is 29.3. The van der Waals surface area contributed by atoms with Gasteiger partial charge in [-0.1, -0.05) is 109 Å². The Kier molecular flexibility index (Phi) is 6.31. The van der Waals surface area contributed by atoms with Crippen molar-refractivity contribution in [1.82, 2.24) is 0 Å². The van der Waals surface area contributed by atoms with Crippen LogP contribution in [0.2, 0.25) is 0 Å². The van der Waals surface area contributed by atoms with Gasteiger partial charge in [-0.15, -0.1) is 0 Å². The van der Waals surface area contributed by atoms with Crippen molar-refractivity contribution in [2.24, 2.45) is 0 Å². The standard InChI is InChI=1S/C43H22F6/c44-36-21-26(22-37(45)42(36)46)38-29-5-1-3-7-31(29)41(32-8-4-2-6-30(32)38)35-20-14-25-12-18-33-28(23-9-15-27(16-10-23)43(47,48)49)17-11-24-13-19-34(35)40(25)39(24)33/h1-22H. The van der Waals surface area contributed by atoms with Gasteiger partial charge in [-0.05, 0) is 112 Å². The number of benzene rings is 9. The predicted octanol–water partition coefficient (Wildman–Crippen LogP) is 13.3. The van der Waals surface area contributed by atoms with Crippen LogP contribution in [0.5, 0.6) is 0 Å². The first-order valence-corrected chi connectivity index (χ1v) is 15.7. The highest BCUT2D eigenvalue weighted by Gasteiger charge is 2.30. The van der Waals surface area contributed by atoms with E-state index in [4.69, 9.17) is 0 Å². The molecule has 0 fully saturated rings. The maximum absolute atomic E-state index is 14.6. The Morgan fingerprint density at radius 1 is 0.388 bits per heavy atom. The third kappa shape index (κ3) is 4.40. The normalized spacial score (nSPS) is 12.3. The fourth-order valence-corrected chi connectivity index (χ4v) is 7.54. The van der Waals surface area contributed by atoms with Crippen molar-refractivity contribution in [2.45, 2.75) is 6.18 Å². The number of halogens is 6. The SMILES string of the molecule is Fc1cc(-c2c3ccccc3c(-c3ccc4ccc5c(-c6ccc(C(F)(F)F)cc6)ccc6ccc3c4c65)c3ccccc23)cc(F)c1F. The molecule has 9 aromatic carbocycles. The summed E-state index contributed by atoms with van der Waals surface area (Å²) in [5.74, 6) is -4.02.